The highest BCUT2D eigenvalue weighted by molar-refractivity contribution is 8.00. The van der Waals surface area contributed by atoms with Gasteiger partial charge in [-0.15, -0.1) is 5.10 Å². The van der Waals surface area contributed by atoms with Crippen molar-refractivity contribution in [2.45, 2.75) is 50.7 Å². The molecule has 19 heavy (non-hydrogen) atoms. The number of rotatable bonds is 3. The van der Waals surface area contributed by atoms with Crippen molar-refractivity contribution >= 4 is 17.7 Å². The molecule has 0 aliphatic carbocycles. The average Bonchev–Trinajstić information content (AvgIpc) is 2.94. The van der Waals surface area contributed by atoms with Crippen LogP contribution in [-0.2, 0) is 5.41 Å². The summed E-state index contributed by atoms with van der Waals surface area (Å²) in [4.78, 5) is 16.3. The summed E-state index contributed by atoms with van der Waals surface area (Å²) in [5.74, 6) is 1.96. The molecule has 2 rings (SSSR count). The van der Waals surface area contributed by atoms with Gasteiger partial charge in [0.05, 0.1) is 0 Å². The third-order valence-electron chi connectivity index (χ3n) is 3.32. The van der Waals surface area contributed by atoms with Gasteiger partial charge in [0.25, 0.3) is 5.91 Å². The molecule has 106 valence electrons. The van der Waals surface area contributed by atoms with Gasteiger partial charge in [0.15, 0.2) is 0 Å². The number of carbonyl (C=O) groups excluding carboxylic acids is 1. The Labute approximate surface area is 118 Å². The number of H-pyrrole nitrogens is 1. The van der Waals surface area contributed by atoms with E-state index in [-0.39, 0.29) is 21.9 Å². The lowest BCUT2D eigenvalue weighted by Gasteiger charge is -2.22. The van der Waals surface area contributed by atoms with Crippen molar-refractivity contribution in [3.63, 3.8) is 0 Å². The first-order valence-electron chi connectivity index (χ1n) is 6.65. The van der Waals surface area contributed by atoms with Crippen LogP contribution in [0.25, 0.3) is 0 Å². The van der Waals surface area contributed by atoms with Crippen molar-refractivity contribution in [3.8, 4) is 0 Å². The van der Waals surface area contributed by atoms with E-state index in [1.165, 1.54) is 12.2 Å². The van der Waals surface area contributed by atoms with E-state index in [2.05, 4.69) is 27.4 Å². The molecule has 0 saturated carbocycles. The zero-order chi connectivity index (χ0) is 14.1. The second-order valence-corrected chi connectivity index (χ2v) is 8.02. The van der Waals surface area contributed by atoms with Crippen LogP contribution < -0.4 is 5.32 Å². The molecule has 1 unspecified atom stereocenters. The zero-order valence-corrected chi connectivity index (χ0v) is 12.9. The quantitative estimate of drug-likeness (QED) is 0.891. The molecule has 2 heterocycles. The van der Waals surface area contributed by atoms with Gasteiger partial charge in [0.1, 0.15) is 5.82 Å². The summed E-state index contributed by atoms with van der Waals surface area (Å²) in [6.45, 7) is 8.97. The van der Waals surface area contributed by atoms with E-state index >= 15 is 0 Å². The molecule has 5 nitrogen and oxygen atoms in total. The fraction of sp³-hybridized carbons (Fsp3) is 0.769. The van der Waals surface area contributed by atoms with Crippen molar-refractivity contribution < 1.29 is 4.79 Å². The maximum absolute atomic E-state index is 12.0. The van der Waals surface area contributed by atoms with Gasteiger partial charge in [0, 0.05) is 16.7 Å². The molecule has 0 aromatic carbocycles. The average molecular weight is 282 g/mol. The number of aromatic amines is 1. The van der Waals surface area contributed by atoms with Gasteiger partial charge < -0.3 is 5.32 Å². The fourth-order valence-electron chi connectivity index (χ4n) is 2.02. The molecule has 0 spiro atoms. The van der Waals surface area contributed by atoms with Gasteiger partial charge in [-0.05, 0) is 25.5 Å². The van der Waals surface area contributed by atoms with Crippen LogP contribution in [0.5, 0.6) is 0 Å². The Bertz CT molecular complexity index is 457. The van der Waals surface area contributed by atoms with Crippen LogP contribution in [0.1, 0.15) is 57.0 Å². The second kappa shape index (κ2) is 5.15. The summed E-state index contributed by atoms with van der Waals surface area (Å²) in [7, 11) is 0. The fourth-order valence-corrected chi connectivity index (χ4v) is 3.27. The summed E-state index contributed by atoms with van der Waals surface area (Å²) in [6, 6.07) is 0. The zero-order valence-electron chi connectivity index (χ0n) is 12.0. The number of nitrogens with zero attached hydrogens (tertiary/aromatic N) is 2. The molecule has 1 saturated heterocycles. The number of aromatic nitrogens is 3. The number of carbonyl (C=O) groups is 1. The normalized spacial score (nSPS) is 23.6. The molecule has 1 aromatic heterocycles. The first-order chi connectivity index (χ1) is 8.80. The highest BCUT2D eigenvalue weighted by Crippen LogP contribution is 2.36. The summed E-state index contributed by atoms with van der Waals surface area (Å²) in [5.41, 5.74) is -0.126. The summed E-state index contributed by atoms with van der Waals surface area (Å²) in [5, 5.41) is 9.77. The number of nitrogens with one attached hydrogen (secondary N) is 2. The third-order valence-corrected chi connectivity index (χ3v) is 4.86. The smallest absolute Gasteiger partial charge is 0.291 e. The molecule has 1 fully saturated rings. The van der Waals surface area contributed by atoms with Crippen molar-refractivity contribution in [2.24, 2.45) is 0 Å². The van der Waals surface area contributed by atoms with E-state index in [1.807, 2.05) is 32.5 Å². The van der Waals surface area contributed by atoms with Crippen LogP contribution in [0.4, 0.5) is 0 Å². The van der Waals surface area contributed by atoms with Crippen LogP contribution >= 0.6 is 11.8 Å². The molecular weight excluding hydrogens is 260 g/mol. The summed E-state index contributed by atoms with van der Waals surface area (Å²) < 4.78 is 0.166. The van der Waals surface area contributed by atoms with Gasteiger partial charge in [0.2, 0.25) is 5.82 Å². The van der Waals surface area contributed by atoms with Gasteiger partial charge >= 0.3 is 0 Å². The lowest BCUT2D eigenvalue weighted by Crippen LogP contribution is -2.37. The van der Waals surface area contributed by atoms with Crippen LogP contribution in [0, 0.1) is 0 Å². The van der Waals surface area contributed by atoms with Crippen LogP contribution in [-0.4, -0.2) is 38.1 Å². The minimum Gasteiger partial charge on any atom is -0.348 e. The van der Waals surface area contributed by atoms with Crippen LogP contribution in [0.3, 0.4) is 0 Å². The summed E-state index contributed by atoms with van der Waals surface area (Å²) in [6.07, 6.45) is 2.38. The third kappa shape index (κ3) is 3.49. The SMILES string of the molecule is CC1(CNC(=O)c2n[nH]c(C(C)(C)C)n2)CCCS1. The highest BCUT2D eigenvalue weighted by atomic mass is 32.2. The maximum atomic E-state index is 12.0. The standard InChI is InChI=1S/C13H22N4OS/c1-12(2,3)11-15-9(16-17-11)10(18)14-8-13(4)6-5-7-19-13/h5-8H2,1-4H3,(H,14,18)(H,15,16,17). The van der Waals surface area contributed by atoms with Gasteiger partial charge in [-0.1, -0.05) is 20.8 Å². The van der Waals surface area contributed by atoms with Gasteiger partial charge in [-0.2, -0.15) is 11.8 Å². The van der Waals surface area contributed by atoms with Crippen LogP contribution in [0.15, 0.2) is 0 Å². The molecule has 2 N–H and O–H groups in total. The number of thioether (sulfide) groups is 1. The molecule has 1 aromatic rings. The Kier molecular flexibility index (Phi) is 3.90. The molecule has 1 atom stereocenters. The molecule has 6 heteroatoms. The Balaban J connectivity index is 1.95. The van der Waals surface area contributed by atoms with Gasteiger partial charge in [-0.3, -0.25) is 9.89 Å². The van der Waals surface area contributed by atoms with Crippen molar-refractivity contribution in [1.82, 2.24) is 20.5 Å². The van der Waals surface area contributed by atoms with Crippen molar-refractivity contribution in [1.29, 1.82) is 0 Å². The topological polar surface area (TPSA) is 70.7 Å². The van der Waals surface area contributed by atoms with Crippen molar-refractivity contribution in [2.75, 3.05) is 12.3 Å². The van der Waals surface area contributed by atoms with Crippen molar-refractivity contribution in [3.05, 3.63) is 11.6 Å². The number of hydrogen-bond donors (Lipinski definition) is 2. The monoisotopic (exact) mass is 282 g/mol. The first kappa shape index (κ1) is 14.4. The summed E-state index contributed by atoms with van der Waals surface area (Å²) >= 11 is 1.93. The Morgan fingerprint density at radius 2 is 2.26 bits per heavy atom. The van der Waals surface area contributed by atoms with E-state index in [0.29, 0.717) is 6.54 Å². The molecule has 0 radical (unpaired) electrons. The van der Waals surface area contributed by atoms with E-state index in [9.17, 15) is 4.79 Å². The maximum Gasteiger partial charge on any atom is 0.291 e. The minimum absolute atomic E-state index is 0.126. The lowest BCUT2D eigenvalue weighted by molar-refractivity contribution is 0.0940. The van der Waals surface area contributed by atoms with Gasteiger partial charge in [-0.25, -0.2) is 4.98 Å². The second-order valence-electron chi connectivity index (χ2n) is 6.34. The highest BCUT2D eigenvalue weighted by Gasteiger charge is 2.30. The largest absolute Gasteiger partial charge is 0.348 e. The van der Waals surface area contributed by atoms with E-state index < -0.39 is 0 Å². The predicted octanol–water partition coefficient (Wildman–Crippen LogP) is 2.12. The lowest BCUT2D eigenvalue weighted by atomic mass is 9.96. The van der Waals surface area contributed by atoms with E-state index in [0.717, 1.165) is 12.2 Å². The van der Waals surface area contributed by atoms with Crippen LogP contribution in [0.2, 0.25) is 0 Å². The number of amides is 1. The Morgan fingerprint density at radius 3 is 2.79 bits per heavy atom. The minimum atomic E-state index is -0.194. The molecule has 1 aliphatic heterocycles. The van der Waals surface area contributed by atoms with E-state index in [1.54, 1.807) is 0 Å². The molecule has 0 bridgehead atoms. The Morgan fingerprint density at radius 1 is 1.53 bits per heavy atom. The van der Waals surface area contributed by atoms with E-state index in [4.69, 9.17) is 0 Å². The molecular formula is C13H22N4OS. The predicted molar refractivity (Wildman–Crippen MR) is 77.5 cm³/mol. The number of hydrogen-bond acceptors (Lipinski definition) is 4. The first-order valence-corrected chi connectivity index (χ1v) is 7.64. The Hall–Kier alpha value is -1.04. The molecule has 1 amide bonds. The molecule has 1 aliphatic rings.